The number of carbonyl (C=O) groups excluding carboxylic acids is 2. The van der Waals surface area contributed by atoms with Crippen LogP contribution >= 0.6 is 0 Å². The molecule has 2 aromatic rings. The maximum Gasteiger partial charge on any atom is 0.251 e. The van der Waals surface area contributed by atoms with Gasteiger partial charge in [-0.15, -0.1) is 0 Å². The Bertz CT molecular complexity index is 852. The first-order chi connectivity index (χ1) is 13.2. The molecule has 0 aliphatic carbocycles. The van der Waals surface area contributed by atoms with Crippen molar-refractivity contribution in [3.8, 4) is 11.5 Å². The molecule has 2 amide bonds. The molecule has 6 nitrogen and oxygen atoms in total. The van der Waals surface area contributed by atoms with Gasteiger partial charge in [-0.3, -0.25) is 9.59 Å². The van der Waals surface area contributed by atoms with Crippen molar-refractivity contribution in [3.63, 3.8) is 0 Å². The van der Waals surface area contributed by atoms with Crippen molar-refractivity contribution >= 4 is 11.8 Å². The van der Waals surface area contributed by atoms with Gasteiger partial charge in [-0.25, -0.2) is 0 Å². The Kier molecular flexibility index (Phi) is 4.96. The van der Waals surface area contributed by atoms with Gasteiger partial charge in [-0.05, 0) is 36.2 Å². The summed E-state index contributed by atoms with van der Waals surface area (Å²) in [4.78, 5) is 26.1. The molecule has 1 saturated heterocycles. The maximum absolute atomic E-state index is 12.5. The number of ether oxygens (including phenoxy) is 2. The predicted molar refractivity (Wildman–Crippen MR) is 99.8 cm³/mol. The van der Waals surface area contributed by atoms with Gasteiger partial charge in [0.15, 0.2) is 11.5 Å². The van der Waals surface area contributed by atoms with E-state index in [1.165, 1.54) is 0 Å². The average Bonchev–Trinajstić information content (AvgIpc) is 3.10. The van der Waals surface area contributed by atoms with Gasteiger partial charge in [0.05, 0.1) is 6.54 Å². The Morgan fingerprint density at radius 1 is 1.15 bits per heavy atom. The summed E-state index contributed by atoms with van der Waals surface area (Å²) < 4.78 is 11.5. The van der Waals surface area contributed by atoms with Crippen molar-refractivity contribution in [2.75, 3.05) is 19.7 Å². The minimum atomic E-state index is -0.228. The molecular formula is C21H22N2O4. The van der Waals surface area contributed by atoms with Crippen LogP contribution in [0.4, 0.5) is 0 Å². The fourth-order valence-electron chi connectivity index (χ4n) is 3.37. The van der Waals surface area contributed by atoms with Crippen LogP contribution in [0.5, 0.6) is 11.5 Å². The molecule has 0 saturated carbocycles. The molecule has 2 heterocycles. The van der Waals surface area contributed by atoms with Gasteiger partial charge < -0.3 is 19.7 Å². The zero-order chi connectivity index (χ0) is 18.6. The van der Waals surface area contributed by atoms with Crippen LogP contribution in [0.1, 0.15) is 28.8 Å². The highest BCUT2D eigenvalue weighted by atomic mass is 16.6. The monoisotopic (exact) mass is 366 g/mol. The fraction of sp³-hybridized carbons (Fsp3) is 0.333. The van der Waals surface area contributed by atoms with Crippen LogP contribution in [0.2, 0.25) is 0 Å². The lowest BCUT2D eigenvalue weighted by Crippen LogP contribution is -2.40. The summed E-state index contributed by atoms with van der Waals surface area (Å²) in [6, 6.07) is 14.9. The van der Waals surface area contributed by atoms with E-state index in [9.17, 15) is 9.59 Å². The Hall–Kier alpha value is -3.02. The second kappa shape index (κ2) is 7.70. The first-order valence-corrected chi connectivity index (χ1v) is 9.22. The number of likely N-dealkylation sites (tertiary alicyclic amines) is 1. The normalized spacial score (nSPS) is 18.4. The molecule has 0 radical (unpaired) electrons. The zero-order valence-corrected chi connectivity index (χ0v) is 15.0. The minimum absolute atomic E-state index is 0.160. The fourth-order valence-corrected chi connectivity index (χ4v) is 3.37. The number of para-hydroxylation sites is 2. The van der Waals surface area contributed by atoms with E-state index in [4.69, 9.17) is 9.47 Å². The van der Waals surface area contributed by atoms with Crippen LogP contribution < -0.4 is 14.8 Å². The molecule has 27 heavy (non-hydrogen) atoms. The van der Waals surface area contributed by atoms with Gasteiger partial charge in [-0.1, -0.05) is 24.3 Å². The first kappa shape index (κ1) is 17.4. The third-order valence-corrected chi connectivity index (χ3v) is 4.79. The van der Waals surface area contributed by atoms with Crippen molar-refractivity contribution in [2.45, 2.75) is 25.5 Å². The van der Waals surface area contributed by atoms with Crippen LogP contribution in [-0.4, -0.2) is 42.5 Å². The van der Waals surface area contributed by atoms with Gasteiger partial charge in [-0.2, -0.15) is 0 Å². The largest absolute Gasteiger partial charge is 0.486 e. The molecule has 2 aromatic carbocycles. The molecule has 140 valence electrons. The number of hydrogen-bond donors (Lipinski definition) is 1. The quantitative estimate of drug-likeness (QED) is 0.882. The minimum Gasteiger partial charge on any atom is -0.486 e. The third-order valence-electron chi connectivity index (χ3n) is 4.79. The molecule has 4 rings (SSSR count). The summed E-state index contributed by atoms with van der Waals surface area (Å²) >= 11 is 0. The van der Waals surface area contributed by atoms with Crippen LogP contribution in [0.15, 0.2) is 48.5 Å². The van der Waals surface area contributed by atoms with E-state index in [0.29, 0.717) is 37.4 Å². The van der Waals surface area contributed by atoms with Gasteiger partial charge in [0.1, 0.15) is 12.7 Å². The van der Waals surface area contributed by atoms with E-state index in [1.54, 1.807) is 6.07 Å². The number of nitrogens with one attached hydrogen (secondary N) is 1. The summed E-state index contributed by atoms with van der Waals surface area (Å²) in [6.45, 7) is 2.10. The summed E-state index contributed by atoms with van der Waals surface area (Å²) in [7, 11) is 0. The number of carbonyl (C=O) groups is 2. The molecule has 1 fully saturated rings. The molecule has 0 spiro atoms. The Morgan fingerprint density at radius 3 is 2.81 bits per heavy atom. The highest BCUT2D eigenvalue weighted by molar-refractivity contribution is 5.94. The van der Waals surface area contributed by atoms with E-state index in [-0.39, 0.29) is 17.9 Å². The lowest BCUT2D eigenvalue weighted by Gasteiger charge is -2.26. The molecule has 2 aliphatic heterocycles. The lowest BCUT2D eigenvalue weighted by molar-refractivity contribution is -0.128. The van der Waals surface area contributed by atoms with E-state index in [2.05, 4.69) is 5.32 Å². The topological polar surface area (TPSA) is 67.9 Å². The summed E-state index contributed by atoms with van der Waals surface area (Å²) in [5.74, 6) is 1.44. The number of nitrogens with zero attached hydrogens (tertiary/aromatic N) is 1. The van der Waals surface area contributed by atoms with Crippen LogP contribution in [0, 0.1) is 0 Å². The molecule has 0 aromatic heterocycles. The number of rotatable bonds is 5. The highest BCUT2D eigenvalue weighted by Crippen LogP contribution is 2.30. The second-order valence-corrected chi connectivity index (χ2v) is 6.83. The van der Waals surface area contributed by atoms with E-state index in [1.807, 2.05) is 47.4 Å². The molecular weight excluding hydrogens is 344 g/mol. The van der Waals surface area contributed by atoms with E-state index in [0.717, 1.165) is 24.3 Å². The number of hydrogen-bond acceptors (Lipinski definition) is 4. The smallest absolute Gasteiger partial charge is 0.251 e. The van der Waals surface area contributed by atoms with Crippen LogP contribution in [0.25, 0.3) is 0 Å². The van der Waals surface area contributed by atoms with Crippen LogP contribution in [-0.2, 0) is 11.3 Å². The lowest BCUT2D eigenvalue weighted by atomic mass is 10.1. The van der Waals surface area contributed by atoms with Gasteiger partial charge in [0.2, 0.25) is 5.91 Å². The maximum atomic E-state index is 12.5. The summed E-state index contributed by atoms with van der Waals surface area (Å²) in [5.41, 5.74) is 1.54. The number of benzene rings is 2. The standard InChI is InChI=1S/C21H22N2O4/c24-20-9-4-10-23(20)13-15-5-3-6-16(11-15)21(25)22-12-17-14-26-18-7-1-2-8-19(18)27-17/h1-3,5-8,11,17H,4,9-10,12-14H2,(H,22,25)/t17-/m1/s1. The highest BCUT2D eigenvalue weighted by Gasteiger charge is 2.22. The molecule has 1 N–H and O–H groups in total. The Balaban J connectivity index is 1.33. The van der Waals surface area contributed by atoms with Crippen molar-refractivity contribution < 1.29 is 19.1 Å². The molecule has 0 unspecified atom stereocenters. The van der Waals surface area contributed by atoms with Crippen molar-refractivity contribution in [2.24, 2.45) is 0 Å². The van der Waals surface area contributed by atoms with Gasteiger partial charge in [0, 0.05) is 25.1 Å². The van der Waals surface area contributed by atoms with Gasteiger partial charge in [0.25, 0.3) is 5.91 Å². The second-order valence-electron chi connectivity index (χ2n) is 6.83. The zero-order valence-electron chi connectivity index (χ0n) is 15.0. The molecule has 1 atom stereocenters. The third kappa shape index (κ3) is 4.05. The number of amides is 2. The van der Waals surface area contributed by atoms with Crippen LogP contribution in [0.3, 0.4) is 0 Å². The summed E-state index contributed by atoms with van der Waals surface area (Å²) in [5, 5.41) is 2.90. The van der Waals surface area contributed by atoms with E-state index >= 15 is 0 Å². The number of fused-ring (bicyclic) bond motifs is 1. The van der Waals surface area contributed by atoms with Crippen molar-refractivity contribution in [3.05, 3.63) is 59.7 Å². The Labute approximate surface area is 158 Å². The molecule has 6 heteroatoms. The molecule has 0 bridgehead atoms. The molecule has 2 aliphatic rings. The van der Waals surface area contributed by atoms with Gasteiger partial charge >= 0.3 is 0 Å². The van der Waals surface area contributed by atoms with Crippen molar-refractivity contribution in [1.82, 2.24) is 10.2 Å². The Morgan fingerprint density at radius 2 is 2.00 bits per heavy atom. The summed E-state index contributed by atoms with van der Waals surface area (Å²) in [6.07, 6.45) is 1.30. The van der Waals surface area contributed by atoms with E-state index < -0.39 is 0 Å². The SMILES string of the molecule is O=C(NC[C@@H]1COc2ccccc2O1)c1cccc(CN2CCCC2=O)c1. The van der Waals surface area contributed by atoms with Crippen molar-refractivity contribution in [1.29, 1.82) is 0 Å². The predicted octanol–water partition coefficient (Wildman–Crippen LogP) is 2.38. The first-order valence-electron chi connectivity index (χ1n) is 9.22. The average molecular weight is 366 g/mol.